The minimum absolute atomic E-state index is 0. The minimum Gasteiger partial charge on any atom is -0.359 e. The van der Waals surface area contributed by atoms with Gasteiger partial charge in [-0.2, -0.15) is 6.93 Å². The molecule has 0 aromatic rings. The Bertz CT molecular complexity index is 28.8. The topological polar surface area (TPSA) is 0 Å². The average Bonchev–Trinajstić information content (AvgIpc) is 1.75. The zero-order valence-corrected chi connectivity index (χ0v) is 6.67. The molecule has 0 spiro atoms. The van der Waals surface area contributed by atoms with Crippen LogP contribution in [0, 0.1) is 0 Å². The molecular weight excluding hydrogens is 155 g/mol. The summed E-state index contributed by atoms with van der Waals surface area (Å²) in [6.45, 7) is 0.211. The molecule has 1 aliphatic rings. The zero-order valence-electron chi connectivity index (χ0n) is 3.09. The fourth-order valence-corrected chi connectivity index (χ4v) is 4.69. The minimum atomic E-state index is 0. The molecule has 0 aliphatic carbocycles. The van der Waals surface area contributed by atoms with Gasteiger partial charge in [-0.1, -0.05) is 0 Å². The van der Waals surface area contributed by atoms with Crippen LogP contribution in [0.15, 0.2) is 0 Å². The SMILES string of the molecule is Br[Si-]1C[Si]1.[Li+]. The molecule has 1 rings (SSSR count). The van der Waals surface area contributed by atoms with Crippen molar-refractivity contribution in [1.29, 1.82) is 0 Å². The molecule has 2 radical (unpaired) electrons. The molecule has 5 heavy (non-hydrogen) atoms. The summed E-state index contributed by atoms with van der Waals surface area (Å²) in [5.74, 6) is 0. The summed E-state index contributed by atoms with van der Waals surface area (Å²) in [6.07, 6.45) is 0. The largest absolute Gasteiger partial charge is 1.00 e. The first-order valence-corrected chi connectivity index (χ1v) is 7.32. The molecule has 1 heterocycles. The maximum absolute atomic E-state index is 3.50. The number of halogens is 1. The van der Waals surface area contributed by atoms with Gasteiger partial charge in [0.1, 0.15) is 0 Å². The predicted molar refractivity (Wildman–Crippen MR) is 25.2 cm³/mol. The number of rotatable bonds is 0. The third-order valence-electron chi connectivity index (χ3n) is 0.310. The van der Waals surface area contributed by atoms with Crippen LogP contribution in [0.25, 0.3) is 0 Å². The van der Waals surface area contributed by atoms with E-state index in [0.29, 0.717) is 0 Å². The second kappa shape index (κ2) is 2.65. The first-order valence-electron chi connectivity index (χ1n) is 1.15. The van der Waals surface area contributed by atoms with Crippen molar-refractivity contribution in [3.05, 3.63) is 0 Å². The van der Waals surface area contributed by atoms with Crippen LogP contribution in [0.2, 0.25) is 5.67 Å². The van der Waals surface area contributed by atoms with Gasteiger partial charge in [-0.3, -0.25) is 0 Å². The van der Waals surface area contributed by atoms with Gasteiger partial charge in [-0.05, 0) is 0 Å². The van der Waals surface area contributed by atoms with E-state index in [1.54, 1.807) is 0 Å². The molecule has 0 bridgehead atoms. The molecule has 1 saturated heterocycles. The van der Waals surface area contributed by atoms with Crippen molar-refractivity contribution in [1.82, 2.24) is 0 Å². The summed E-state index contributed by atoms with van der Waals surface area (Å²) in [5.41, 5.74) is 1.53. The maximum Gasteiger partial charge on any atom is 1.00 e. The van der Waals surface area contributed by atoms with Crippen LogP contribution in [0.4, 0.5) is 0 Å². The van der Waals surface area contributed by atoms with Crippen LogP contribution in [-0.2, 0) is 0 Å². The Morgan fingerprint density at radius 2 is 2.00 bits per heavy atom. The summed E-state index contributed by atoms with van der Waals surface area (Å²) in [4.78, 5) is 0. The van der Waals surface area contributed by atoms with E-state index in [9.17, 15) is 0 Å². The molecule has 22 valence electrons. The van der Waals surface area contributed by atoms with Crippen molar-refractivity contribution >= 4 is 31.3 Å². The summed E-state index contributed by atoms with van der Waals surface area (Å²) >= 11 is 3.50. The van der Waals surface area contributed by atoms with Crippen LogP contribution in [0.1, 0.15) is 0 Å². The molecule has 0 N–H and O–H groups in total. The van der Waals surface area contributed by atoms with Crippen molar-refractivity contribution in [3.8, 4) is 0 Å². The quantitative estimate of drug-likeness (QED) is 0.270. The Kier molecular flexibility index (Phi) is 3.45. The van der Waals surface area contributed by atoms with E-state index in [1.165, 1.54) is 14.7 Å². The Balaban J connectivity index is 0.000000160. The first kappa shape index (κ1) is 6.51. The average molecular weight is 157 g/mol. The van der Waals surface area contributed by atoms with Crippen LogP contribution >= 0.6 is 15.3 Å². The van der Waals surface area contributed by atoms with Crippen LogP contribution in [-0.4, -0.2) is 16.0 Å². The molecule has 0 saturated carbocycles. The van der Waals surface area contributed by atoms with Gasteiger partial charge in [0.2, 0.25) is 0 Å². The fourth-order valence-electron chi connectivity index (χ4n) is 0.0334. The van der Waals surface area contributed by atoms with Gasteiger partial charge in [0.05, 0.1) is 0 Å². The summed E-state index contributed by atoms with van der Waals surface area (Å²) in [6, 6.07) is 0. The molecular formula is CH2BrLiSi2. The third-order valence-corrected chi connectivity index (χ3v) is 7.84. The van der Waals surface area contributed by atoms with E-state index in [1.807, 2.05) is 0 Å². The van der Waals surface area contributed by atoms with E-state index >= 15 is 0 Å². The van der Waals surface area contributed by atoms with Crippen molar-refractivity contribution < 1.29 is 18.9 Å². The van der Waals surface area contributed by atoms with Gasteiger partial charge in [-0.15, -0.1) is 0 Å². The van der Waals surface area contributed by atoms with E-state index in [2.05, 4.69) is 15.3 Å². The van der Waals surface area contributed by atoms with Gasteiger partial charge in [0, 0.05) is 0 Å². The van der Waals surface area contributed by atoms with Gasteiger partial charge >= 0.3 is 18.9 Å². The molecule has 0 aromatic carbocycles. The van der Waals surface area contributed by atoms with Crippen molar-refractivity contribution in [2.24, 2.45) is 0 Å². The van der Waals surface area contributed by atoms with Crippen molar-refractivity contribution in [3.63, 3.8) is 0 Å². The van der Waals surface area contributed by atoms with Crippen LogP contribution in [0.3, 0.4) is 0 Å². The molecule has 1 aliphatic heterocycles. The summed E-state index contributed by atoms with van der Waals surface area (Å²) in [7, 11) is 1.33. The van der Waals surface area contributed by atoms with Gasteiger partial charge < -0.3 is 15.3 Å². The first-order chi connectivity index (χ1) is 1.89. The van der Waals surface area contributed by atoms with E-state index in [-0.39, 0.29) is 25.8 Å². The molecule has 0 aromatic heterocycles. The Hall–Kier alpha value is 1.51. The molecule has 1 fully saturated rings. The second-order valence-corrected chi connectivity index (χ2v) is 11.3. The van der Waals surface area contributed by atoms with Gasteiger partial charge in [0.15, 0.2) is 0 Å². The monoisotopic (exact) mass is 156 g/mol. The predicted octanol–water partition coefficient (Wildman–Crippen LogP) is -2.45. The van der Waals surface area contributed by atoms with Gasteiger partial charge in [0.25, 0.3) is 0 Å². The van der Waals surface area contributed by atoms with Crippen LogP contribution < -0.4 is 18.9 Å². The Morgan fingerprint density at radius 3 is 2.00 bits per heavy atom. The van der Waals surface area contributed by atoms with E-state index in [0.717, 1.165) is 0 Å². The molecule has 4 heteroatoms. The van der Waals surface area contributed by atoms with E-state index < -0.39 is 0 Å². The maximum atomic E-state index is 3.50. The second-order valence-electron chi connectivity index (χ2n) is 0.758. The van der Waals surface area contributed by atoms with Crippen LogP contribution in [0.5, 0.6) is 0 Å². The zero-order chi connectivity index (χ0) is 2.99. The fraction of sp³-hybridized carbons (Fsp3) is 1.00. The molecule has 0 atom stereocenters. The van der Waals surface area contributed by atoms with E-state index in [4.69, 9.17) is 0 Å². The Labute approximate surface area is 55.7 Å². The smallest absolute Gasteiger partial charge is 0.359 e. The van der Waals surface area contributed by atoms with Crippen molar-refractivity contribution in [2.45, 2.75) is 5.67 Å². The molecule has 0 amide bonds. The molecule has 0 nitrogen and oxygen atoms in total. The normalized spacial score (nSPS) is 21.0. The number of hydrogen-bond acceptors (Lipinski definition) is 0. The van der Waals surface area contributed by atoms with Gasteiger partial charge in [-0.25, -0.2) is 14.7 Å². The third kappa shape index (κ3) is 3.34. The molecule has 0 unspecified atom stereocenters. The van der Waals surface area contributed by atoms with Crippen molar-refractivity contribution in [2.75, 3.05) is 0 Å². The number of hydrogen-bond donors (Lipinski definition) is 0. The standard InChI is InChI=1S/CH2BrSi2.Li/c2-4-1-3-4;/h1H2;/q-1;+1. The summed E-state index contributed by atoms with van der Waals surface area (Å²) < 4.78 is 0. The summed E-state index contributed by atoms with van der Waals surface area (Å²) in [5, 5.41) is 0. The Morgan fingerprint density at radius 1 is 1.80 bits per heavy atom.